The van der Waals surface area contributed by atoms with Gasteiger partial charge < -0.3 is 10.3 Å². The van der Waals surface area contributed by atoms with Gasteiger partial charge in [-0.2, -0.15) is 0 Å². The zero-order valence-corrected chi connectivity index (χ0v) is 10.4. The van der Waals surface area contributed by atoms with E-state index in [2.05, 4.69) is 11.9 Å². The highest BCUT2D eigenvalue weighted by Crippen LogP contribution is 2.27. The third-order valence-electron chi connectivity index (χ3n) is 3.43. The van der Waals surface area contributed by atoms with Crippen LogP contribution in [-0.4, -0.2) is 26.6 Å². The lowest BCUT2D eigenvalue weighted by molar-refractivity contribution is -0.549. The molecule has 0 radical (unpaired) electrons. The van der Waals surface area contributed by atoms with E-state index in [-0.39, 0.29) is 17.5 Å². The van der Waals surface area contributed by atoms with Crippen LogP contribution in [0.5, 0.6) is 5.75 Å². The van der Waals surface area contributed by atoms with Gasteiger partial charge in [-0.15, -0.1) is 5.06 Å². The molecule has 2 rings (SSSR count). The van der Waals surface area contributed by atoms with Crippen LogP contribution in [0.4, 0.5) is 0 Å². The second kappa shape index (κ2) is 4.13. The van der Waals surface area contributed by atoms with E-state index in [1.165, 1.54) is 5.06 Å². The summed E-state index contributed by atoms with van der Waals surface area (Å²) in [4.78, 5) is 3.33. The maximum absolute atomic E-state index is 10.2. The number of rotatable bonds is 2. The highest BCUT2D eigenvalue weighted by atomic mass is 16.5. The van der Waals surface area contributed by atoms with Gasteiger partial charge in [0, 0.05) is 12.0 Å². The molecule has 0 aliphatic carbocycles. The molecule has 17 heavy (non-hydrogen) atoms. The highest BCUT2D eigenvalue weighted by Gasteiger charge is 2.48. The number of phenolic OH excluding ortho intramolecular Hbond substituents is 1. The average Bonchev–Trinajstić information content (AvgIpc) is 2.52. The van der Waals surface area contributed by atoms with Gasteiger partial charge in [-0.05, 0) is 38.1 Å². The standard InChI is InChI=1S/C13H18N2O2/c1-4-11-13(2,3)15(17)12(14-11)9-5-7-10(16)8-6-9/h5-8,12,16-17H,4H2,1-3H3/p+1. The number of hydroxylamine groups is 2. The molecule has 0 aromatic heterocycles. The van der Waals surface area contributed by atoms with Gasteiger partial charge in [0.15, 0.2) is 5.71 Å². The van der Waals surface area contributed by atoms with Gasteiger partial charge in [-0.1, -0.05) is 6.92 Å². The first-order chi connectivity index (χ1) is 7.96. The Hall–Kier alpha value is -1.39. The van der Waals surface area contributed by atoms with Crippen LogP contribution in [0.2, 0.25) is 0 Å². The predicted molar refractivity (Wildman–Crippen MR) is 64.8 cm³/mol. The molecule has 1 aliphatic heterocycles. The summed E-state index contributed by atoms with van der Waals surface area (Å²) >= 11 is 0. The van der Waals surface area contributed by atoms with E-state index in [0.29, 0.717) is 0 Å². The number of nitrogens with zero attached hydrogens (tertiary/aromatic N) is 1. The van der Waals surface area contributed by atoms with Gasteiger partial charge in [0.05, 0.1) is 0 Å². The molecule has 4 nitrogen and oxygen atoms in total. The molecule has 0 saturated heterocycles. The molecule has 0 spiro atoms. The van der Waals surface area contributed by atoms with Crippen molar-refractivity contribution in [1.29, 1.82) is 0 Å². The Kier molecular flexibility index (Phi) is 2.93. The van der Waals surface area contributed by atoms with E-state index in [1.54, 1.807) is 12.1 Å². The number of nitrogens with one attached hydrogen (secondary N) is 1. The molecule has 1 atom stereocenters. The second-order valence-corrected chi connectivity index (χ2v) is 4.87. The molecule has 3 N–H and O–H groups in total. The van der Waals surface area contributed by atoms with Crippen molar-refractivity contribution in [3.8, 4) is 5.75 Å². The number of hydrogen-bond acceptors (Lipinski definition) is 3. The monoisotopic (exact) mass is 235 g/mol. The normalized spacial score (nSPS) is 23.8. The lowest BCUT2D eigenvalue weighted by atomic mass is 9.97. The maximum Gasteiger partial charge on any atom is 0.255 e. The summed E-state index contributed by atoms with van der Waals surface area (Å²) in [6, 6.07) is 6.87. The Morgan fingerprint density at radius 1 is 1.29 bits per heavy atom. The number of aromatic hydroxyl groups is 1. The summed E-state index contributed by atoms with van der Waals surface area (Å²) < 4.78 is 0. The van der Waals surface area contributed by atoms with Crippen LogP contribution in [0, 0.1) is 0 Å². The van der Waals surface area contributed by atoms with E-state index in [9.17, 15) is 10.3 Å². The summed E-state index contributed by atoms with van der Waals surface area (Å²) in [6.07, 6.45) is 0.624. The van der Waals surface area contributed by atoms with Crippen molar-refractivity contribution in [2.24, 2.45) is 0 Å². The first-order valence-corrected chi connectivity index (χ1v) is 5.86. The van der Waals surface area contributed by atoms with Crippen molar-refractivity contribution in [3.63, 3.8) is 0 Å². The lowest BCUT2D eigenvalue weighted by Gasteiger charge is -2.25. The molecule has 1 unspecified atom stereocenters. The number of benzene rings is 1. The average molecular weight is 235 g/mol. The van der Waals surface area contributed by atoms with Crippen molar-refractivity contribution in [2.45, 2.75) is 38.9 Å². The summed E-state index contributed by atoms with van der Waals surface area (Å²) in [5, 5.41) is 20.8. The highest BCUT2D eigenvalue weighted by molar-refractivity contribution is 5.88. The van der Waals surface area contributed by atoms with Gasteiger partial charge in [-0.3, -0.25) is 0 Å². The molecule has 1 heterocycles. The number of hydrogen-bond donors (Lipinski definition) is 3. The van der Waals surface area contributed by atoms with E-state index >= 15 is 0 Å². The smallest absolute Gasteiger partial charge is 0.255 e. The van der Waals surface area contributed by atoms with Crippen LogP contribution in [0.25, 0.3) is 0 Å². The summed E-state index contributed by atoms with van der Waals surface area (Å²) in [7, 11) is 0. The van der Waals surface area contributed by atoms with Crippen molar-refractivity contribution in [1.82, 2.24) is 5.06 Å². The summed E-state index contributed by atoms with van der Waals surface area (Å²) in [5.74, 6) is 0.232. The fraction of sp³-hybridized carbons (Fsp3) is 0.462. The second-order valence-electron chi connectivity index (χ2n) is 4.87. The Morgan fingerprint density at radius 3 is 2.35 bits per heavy atom. The Labute approximate surface area is 101 Å². The van der Waals surface area contributed by atoms with Gasteiger partial charge in [0.2, 0.25) is 0 Å². The molecule has 4 heteroatoms. The molecular weight excluding hydrogens is 216 g/mol. The molecule has 1 aliphatic rings. The van der Waals surface area contributed by atoms with Crippen molar-refractivity contribution >= 4 is 5.71 Å². The Balaban J connectivity index is 2.35. The predicted octanol–water partition coefficient (Wildman–Crippen LogP) is 0.806. The van der Waals surface area contributed by atoms with Crippen LogP contribution < -0.4 is 4.99 Å². The quantitative estimate of drug-likeness (QED) is 0.711. The fourth-order valence-corrected chi connectivity index (χ4v) is 2.28. The van der Waals surface area contributed by atoms with Crippen LogP contribution in [-0.2, 0) is 0 Å². The molecule has 0 saturated carbocycles. The topological polar surface area (TPSA) is 57.7 Å². The maximum atomic E-state index is 10.2. The van der Waals surface area contributed by atoms with Crippen molar-refractivity contribution in [2.75, 3.05) is 0 Å². The van der Waals surface area contributed by atoms with Gasteiger partial charge >= 0.3 is 0 Å². The van der Waals surface area contributed by atoms with Crippen LogP contribution in [0.1, 0.15) is 38.9 Å². The molecular formula is C13H19N2O2+. The summed E-state index contributed by atoms with van der Waals surface area (Å²) in [6.45, 7) is 6.04. The molecule has 1 aromatic rings. The molecule has 1 aromatic carbocycles. The van der Waals surface area contributed by atoms with E-state index in [4.69, 9.17) is 0 Å². The van der Waals surface area contributed by atoms with Gasteiger partial charge in [0.1, 0.15) is 11.3 Å². The molecule has 0 bridgehead atoms. The largest absolute Gasteiger partial charge is 0.508 e. The minimum absolute atomic E-state index is 0.232. The van der Waals surface area contributed by atoms with Crippen molar-refractivity contribution in [3.05, 3.63) is 29.8 Å². The third kappa shape index (κ3) is 1.94. The van der Waals surface area contributed by atoms with Crippen LogP contribution >= 0.6 is 0 Å². The molecule has 0 amide bonds. The van der Waals surface area contributed by atoms with E-state index in [1.807, 2.05) is 26.0 Å². The number of phenols is 1. The van der Waals surface area contributed by atoms with E-state index in [0.717, 1.165) is 17.7 Å². The fourth-order valence-electron chi connectivity index (χ4n) is 2.28. The SMILES string of the molecule is CCC1=[NH+]C(c2ccc(O)cc2)N(O)C1(C)C. The van der Waals surface area contributed by atoms with E-state index < -0.39 is 0 Å². The first-order valence-electron chi connectivity index (χ1n) is 5.86. The van der Waals surface area contributed by atoms with Crippen molar-refractivity contribution < 1.29 is 15.3 Å². The van der Waals surface area contributed by atoms with Crippen LogP contribution in [0.15, 0.2) is 24.3 Å². The Bertz CT molecular complexity index is 437. The minimum atomic E-state index is -0.378. The summed E-state index contributed by atoms with van der Waals surface area (Å²) in [5.41, 5.74) is 1.66. The minimum Gasteiger partial charge on any atom is -0.508 e. The van der Waals surface area contributed by atoms with Gasteiger partial charge in [-0.25, -0.2) is 4.99 Å². The molecule has 92 valence electrons. The van der Waals surface area contributed by atoms with Crippen LogP contribution in [0.3, 0.4) is 0 Å². The third-order valence-corrected chi connectivity index (χ3v) is 3.43. The molecule has 0 fully saturated rings. The lowest BCUT2D eigenvalue weighted by Crippen LogP contribution is -2.72. The first kappa shape index (κ1) is 12.1. The zero-order chi connectivity index (χ0) is 12.6. The zero-order valence-electron chi connectivity index (χ0n) is 10.4. The Morgan fingerprint density at radius 2 is 1.88 bits per heavy atom. The van der Waals surface area contributed by atoms with Gasteiger partial charge in [0.25, 0.3) is 6.17 Å².